The lowest BCUT2D eigenvalue weighted by Gasteiger charge is -2.28. The second-order valence-corrected chi connectivity index (χ2v) is 5.44. The highest BCUT2D eigenvalue weighted by Gasteiger charge is 2.27. The summed E-state index contributed by atoms with van der Waals surface area (Å²) in [5, 5.41) is 0. The number of hydrogen-bond donors (Lipinski definition) is 1. The predicted molar refractivity (Wildman–Crippen MR) is 77.9 cm³/mol. The Bertz CT molecular complexity index is 439. The number of rotatable bonds is 5. The van der Waals surface area contributed by atoms with Crippen LogP contribution in [-0.4, -0.2) is 31.1 Å². The van der Waals surface area contributed by atoms with Gasteiger partial charge in [-0.15, -0.1) is 0 Å². The van der Waals surface area contributed by atoms with E-state index in [0.717, 1.165) is 13.1 Å². The van der Waals surface area contributed by atoms with Gasteiger partial charge in [-0.05, 0) is 17.0 Å². The molecule has 4 heteroatoms. The van der Waals surface area contributed by atoms with Crippen LogP contribution in [0.25, 0.3) is 0 Å². The van der Waals surface area contributed by atoms with Crippen molar-refractivity contribution in [2.24, 2.45) is 16.6 Å². The zero-order chi connectivity index (χ0) is 13.8. The number of methoxy groups -OCH3 is 1. The van der Waals surface area contributed by atoms with E-state index < -0.39 is 0 Å². The first kappa shape index (κ1) is 13.9. The molecule has 2 rings (SSSR count). The van der Waals surface area contributed by atoms with E-state index in [1.165, 1.54) is 11.1 Å². The molecule has 1 aliphatic heterocycles. The normalized spacial score (nSPS) is 19.1. The minimum absolute atomic E-state index is 0.277. The summed E-state index contributed by atoms with van der Waals surface area (Å²) >= 11 is 0. The third-order valence-electron chi connectivity index (χ3n) is 3.33. The van der Waals surface area contributed by atoms with Crippen molar-refractivity contribution in [3.63, 3.8) is 0 Å². The van der Waals surface area contributed by atoms with E-state index in [4.69, 9.17) is 10.5 Å². The fraction of sp³-hybridized carbons (Fsp3) is 0.533. The monoisotopic (exact) mass is 261 g/mol. The van der Waals surface area contributed by atoms with Gasteiger partial charge >= 0.3 is 0 Å². The first-order valence-electron chi connectivity index (χ1n) is 6.76. The van der Waals surface area contributed by atoms with Crippen LogP contribution in [0.5, 0.6) is 0 Å². The third-order valence-corrected chi connectivity index (χ3v) is 3.33. The zero-order valence-corrected chi connectivity index (χ0v) is 12.0. The Morgan fingerprint density at radius 3 is 2.63 bits per heavy atom. The molecule has 0 spiro atoms. The van der Waals surface area contributed by atoms with Gasteiger partial charge in [0.15, 0.2) is 5.96 Å². The van der Waals surface area contributed by atoms with E-state index in [1.54, 1.807) is 7.11 Å². The average molecular weight is 261 g/mol. The highest BCUT2D eigenvalue weighted by atomic mass is 16.5. The Balaban J connectivity index is 2.12. The molecule has 2 N–H and O–H groups in total. The summed E-state index contributed by atoms with van der Waals surface area (Å²) in [5.74, 6) is 1.24. The second-order valence-electron chi connectivity index (χ2n) is 5.44. The number of benzene rings is 1. The smallest absolute Gasteiger partial charge is 0.191 e. The van der Waals surface area contributed by atoms with Crippen LogP contribution in [0.15, 0.2) is 29.3 Å². The van der Waals surface area contributed by atoms with Crippen molar-refractivity contribution in [2.75, 3.05) is 20.2 Å². The van der Waals surface area contributed by atoms with Gasteiger partial charge in [-0.1, -0.05) is 38.1 Å². The number of ether oxygens (including phenoxy) is 1. The molecule has 0 aliphatic carbocycles. The van der Waals surface area contributed by atoms with E-state index in [1.807, 2.05) is 0 Å². The molecular weight excluding hydrogens is 238 g/mol. The predicted octanol–water partition coefficient (Wildman–Crippen LogP) is 2.16. The number of aliphatic imine (C=N–C) groups is 1. The highest BCUT2D eigenvalue weighted by molar-refractivity contribution is 5.80. The molecule has 0 saturated heterocycles. The second kappa shape index (κ2) is 6.06. The number of guanidine groups is 1. The Morgan fingerprint density at radius 1 is 1.37 bits per heavy atom. The van der Waals surface area contributed by atoms with Crippen LogP contribution in [0, 0.1) is 5.92 Å². The SMILES string of the molecule is COCc1ccc(C2CN=C(N)N2CC(C)C)cc1. The standard InChI is InChI=1S/C15H23N3O/c1-11(2)9-18-14(8-17-15(18)16)13-6-4-12(5-7-13)10-19-3/h4-7,11,14H,8-10H2,1-3H3,(H2,16,17). The quantitative estimate of drug-likeness (QED) is 0.883. The maximum atomic E-state index is 5.99. The molecular formula is C15H23N3O. The molecule has 1 unspecified atom stereocenters. The molecule has 19 heavy (non-hydrogen) atoms. The summed E-state index contributed by atoms with van der Waals surface area (Å²) in [7, 11) is 1.71. The van der Waals surface area contributed by atoms with Crippen molar-refractivity contribution in [2.45, 2.75) is 26.5 Å². The van der Waals surface area contributed by atoms with Crippen LogP contribution in [-0.2, 0) is 11.3 Å². The Labute approximate surface area is 115 Å². The zero-order valence-electron chi connectivity index (χ0n) is 12.0. The van der Waals surface area contributed by atoms with Crippen molar-refractivity contribution < 1.29 is 4.74 Å². The fourth-order valence-electron chi connectivity index (χ4n) is 2.43. The number of nitrogens with zero attached hydrogens (tertiary/aromatic N) is 2. The van der Waals surface area contributed by atoms with Crippen molar-refractivity contribution in [1.82, 2.24) is 4.90 Å². The minimum atomic E-state index is 0.277. The summed E-state index contributed by atoms with van der Waals surface area (Å²) in [6, 6.07) is 8.81. The lowest BCUT2D eigenvalue weighted by atomic mass is 10.0. The van der Waals surface area contributed by atoms with Crippen LogP contribution >= 0.6 is 0 Å². The molecule has 1 atom stereocenters. The molecule has 0 fully saturated rings. The van der Waals surface area contributed by atoms with E-state index in [2.05, 4.69) is 48.0 Å². The van der Waals surface area contributed by atoms with E-state index in [9.17, 15) is 0 Å². The van der Waals surface area contributed by atoms with Gasteiger partial charge in [-0.25, -0.2) is 0 Å². The maximum absolute atomic E-state index is 5.99. The molecule has 0 amide bonds. The van der Waals surface area contributed by atoms with Gasteiger partial charge in [0.2, 0.25) is 0 Å². The summed E-state index contributed by atoms with van der Waals surface area (Å²) in [6.07, 6.45) is 0. The molecule has 104 valence electrons. The minimum Gasteiger partial charge on any atom is -0.380 e. The molecule has 1 aromatic rings. The number of hydrogen-bond acceptors (Lipinski definition) is 4. The molecule has 1 aromatic carbocycles. The summed E-state index contributed by atoms with van der Waals surface area (Å²) in [5.41, 5.74) is 8.45. The molecule has 1 heterocycles. The Hall–Kier alpha value is -1.55. The number of nitrogens with two attached hydrogens (primary N) is 1. The molecule has 0 aromatic heterocycles. The molecule has 0 bridgehead atoms. The molecule has 4 nitrogen and oxygen atoms in total. The van der Waals surface area contributed by atoms with Crippen LogP contribution in [0.3, 0.4) is 0 Å². The topological polar surface area (TPSA) is 50.9 Å². The third kappa shape index (κ3) is 3.26. The van der Waals surface area contributed by atoms with Gasteiger partial charge < -0.3 is 15.4 Å². The van der Waals surface area contributed by atoms with E-state index in [0.29, 0.717) is 18.5 Å². The van der Waals surface area contributed by atoms with Gasteiger partial charge in [-0.2, -0.15) is 0 Å². The summed E-state index contributed by atoms with van der Waals surface area (Å²) in [6.45, 7) is 6.75. The van der Waals surface area contributed by atoms with Gasteiger partial charge in [-0.3, -0.25) is 4.99 Å². The highest BCUT2D eigenvalue weighted by Crippen LogP contribution is 2.26. The van der Waals surface area contributed by atoms with Crippen LogP contribution < -0.4 is 5.73 Å². The lowest BCUT2D eigenvalue weighted by Crippen LogP contribution is -2.38. The first-order chi connectivity index (χ1) is 9.11. The van der Waals surface area contributed by atoms with Crippen LogP contribution in [0.2, 0.25) is 0 Å². The van der Waals surface area contributed by atoms with Crippen molar-refractivity contribution in [3.05, 3.63) is 35.4 Å². The summed E-state index contributed by atoms with van der Waals surface area (Å²) in [4.78, 5) is 6.59. The van der Waals surface area contributed by atoms with Crippen molar-refractivity contribution in [3.8, 4) is 0 Å². The van der Waals surface area contributed by atoms with Crippen LogP contribution in [0.1, 0.15) is 31.0 Å². The van der Waals surface area contributed by atoms with Gasteiger partial charge in [0.25, 0.3) is 0 Å². The van der Waals surface area contributed by atoms with Crippen LogP contribution in [0.4, 0.5) is 0 Å². The van der Waals surface area contributed by atoms with E-state index in [-0.39, 0.29) is 6.04 Å². The van der Waals surface area contributed by atoms with Crippen molar-refractivity contribution >= 4 is 5.96 Å². The average Bonchev–Trinajstić information content (AvgIpc) is 2.72. The van der Waals surface area contributed by atoms with Gasteiger partial charge in [0.05, 0.1) is 19.2 Å². The maximum Gasteiger partial charge on any atom is 0.191 e. The molecule has 0 radical (unpaired) electrons. The Morgan fingerprint density at radius 2 is 2.05 bits per heavy atom. The molecule has 1 aliphatic rings. The van der Waals surface area contributed by atoms with Gasteiger partial charge in [0, 0.05) is 13.7 Å². The molecule has 0 saturated carbocycles. The first-order valence-corrected chi connectivity index (χ1v) is 6.76. The summed E-state index contributed by atoms with van der Waals surface area (Å²) < 4.78 is 5.13. The Kier molecular flexibility index (Phi) is 4.43. The fourth-order valence-corrected chi connectivity index (χ4v) is 2.43. The largest absolute Gasteiger partial charge is 0.380 e. The van der Waals surface area contributed by atoms with Gasteiger partial charge in [0.1, 0.15) is 0 Å². The van der Waals surface area contributed by atoms with Crippen molar-refractivity contribution in [1.29, 1.82) is 0 Å². The van der Waals surface area contributed by atoms with E-state index >= 15 is 0 Å². The lowest BCUT2D eigenvalue weighted by molar-refractivity contribution is 0.185.